The summed E-state index contributed by atoms with van der Waals surface area (Å²) in [6, 6.07) is 6.61. The number of halogens is 2. The Morgan fingerprint density at radius 2 is 2.05 bits per heavy atom. The molecule has 0 radical (unpaired) electrons. The van der Waals surface area contributed by atoms with Crippen molar-refractivity contribution in [1.82, 2.24) is 4.98 Å². The fourth-order valence-corrected chi connectivity index (χ4v) is 3.25. The normalized spacial score (nSPS) is 11.3. The molecule has 0 spiro atoms. The van der Waals surface area contributed by atoms with Gasteiger partial charge in [-0.2, -0.15) is 0 Å². The lowest BCUT2D eigenvalue weighted by Crippen LogP contribution is -2.14. The number of nitrogens with two attached hydrogens (primary N) is 1. The van der Waals surface area contributed by atoms with Crippen molar-refractivity contribution in [2.24, 2.45) is 0 Å². The van der Waals surface area contributed by atoms with Gasteiger partial charge in [0.25, 0.3) is 10.0 Å². The number of pyridine rings is 1. The zero-order chi connectivity index (χ0) is 14.9. The van der Waals surface area contributed by atoms with Crippen LogP contribution in [0.5, 0.6) is 0 Å². The summed E-state index contributed by atoms with van der Waals surface area (Å²) in [7, 11) is -3.77. The molecule has 0 bridgehead atoms. The highest BCUT2D eigenvalue weighted by Gasteiger charge is 2.17. The molecule has 0 aliphatic heterocycles. The number of aromatic nitrogens is 1. The largest absolute Gasteiger partial charge is 0.382 e. The number of anilines is 2. The van der Waals surface area contributed by atoms with Gasteiger partial charge in [0, 0.05) is 10.7 Å². The number of hydrogen-bond acceptors (Lipinski definition) is 4. The molecule has 0 atom stereocenters. The quantitative estimate of drug-likeness (QED) is 0.861. The first kappa shape index (κ1) is 15.1. The third-order valence-corrected chi connectivity index (χ3v) is 4.85. The van der Waals surface area contributed by atoms with E-state index in [9.17, 15) is 8.42 Å². The molecular formula is C12H11BrClN3O2S. The van der Waals surface area contributed by atoms with Crippen LogP contribution in [0.2, 0.25) is 5.02 Å². The minimum absolute atomic E-state index is 0.0508. The molecule has 1 aromatic carbocycles. The van der Waals surface area contributed by atoms with Gasteiger partial charge in [-0.05, 0) is 46.6 Å². The molecule has 8 heteroatoms. The minimum atomic E-state index is -3.77. The minimum Gasteiger partial charge on any atom is -0.382 e. The van der Waals surface area contributed by atoms with Gasteiger partial charge in [0.05, 0.1) is 10.7 Å². The molecule has 1 aromatic heterocycles. The van der Waals surface area contributed by atoms with E-state index < -0.39 is 10.0 Å². The fourth-order valence-electron chi connectivity index (χ4n) is 1.50. The molecule has 0 fully saturated rings. The molecule has 0 aliphatic carbocycles. The van der Waals surface area contributed by atoms with Crippen LogP contribution in [0.1, 0.15) is 5.56 Å². The zero-order valence-electron chi connectivity index (χ0n) is 10.4. The summed E-state index contributed by atoms with van der Waals surface area (Å²) in [6.07, 6.45) is 1.16. The summed E-state index contributed by atoms with van der Waals surface area (Å²) < 4.78 is 27.6. The van der Waals surface area contributed by atoms with Crippen LogP contribution >= 0.6 is 27.5 Å². The molecule has 1 heterocycles. The molecular weight excluding hydrogens is 366 g/mol. The van der Waals surface area contributed by atoms with Crippen molar-refractivity contribution in [2.75, 3.05) is 10.5 Å². The van der Waals surface area contributed by atoms with E-state index in [1.807, 2.05) is 13.0 Å². The second kappa shape index (κ2) is 5.59. The van der Waals surface area contributed by atoms with Gasteiger partial charge in [0.1, 0.15) is 10.7 Å². The summed E-state index contributed by atoms with van der Waals surface area (Å²) in [5.41, 5.74) is 6.84. The predicted octanol–water partition coefficient (Wildman–Crippen LogP) is 3.19. The van der Waals surface area contributed by atoms with Crippen molar-refractivity contribution in [3.8, 4) is 0 Å². The molecule has 0 aliphatic rings. The van der Waals surface area contributed by atoms with Crippen molar-refractivity contribution >= 4 is 49.1 Å². The lowest BCUT2D eigenvalue weighted by Gasteiger charge is -2.11. The second-order valence-corrected chi connectivity index (χ2v) is 7.07. The van der Waals surface area contributed by atoms with Gasteiger partial charge >= 0.3 is 0 Å². The van der Waals surface area contributed by atoms with Gasteiger partial charge in [0.2, 0.25) is 0 Å². The molecule has 106 valence electrons. The first-order chi connectivity index (χ1) is 9.29. The van der Waals surface area contributed by atoms with Crippen LogP contribution in [-0.4, -0.2) is 13.4 Å². The van der Waals surface area contributed by atoms with E-state index >= 15 is 0 Å². The van der Waals surface area contributed by atoms with Crippen LogP contribution in [-0.2, 0) is 10.0 Å². The van der Waals surface area contributed by atoms with E-state index in [0.717, 1.165) is 11.8 Å². The van der Waals surface area contributed by atoms with Crippen molar-refractivity contribution in [1.29, 1.82) is 0 Å². The van der Waals surface area contributed by atoms with Crippen molar-refractivity contribution < 1.29 is 8.42 Å². The number of benzene rings is 1. The summed E-state index contributed by atoms with van der Waals surface area (Å²) in [6.45, 7) is 1.87. The summed E-state index contributed by atoms with van der Waals surface area (Å²) in [4.78, 5) is 3.69. The molecule has 0 unspecified atom stereocenters. The van der Waals surface area contributed by atoms with Gasteiger partial charge in [-0.1, -0.05) is 17.7 Å². The number of hydrogen-bond donors (Lipinski definition) is 2. The molecule has 0 saturated carbocycles. The van der Waals surface area contributed by atoms with Crippen molar-refractivity contribution in [3.05, 3.63) is 45.5 Å². The van der Waals surface area contributed by atoms with Gasteiger partial charge in [0.15, 0.2) is 0 Å². The third-order valence-electron chi connectivity index (χ3n) is 2.52. The van der Waals surface area contributed by atoms with Gasteiger partial charge in [-0.15, -0.1) is 0 Å². The maximum Gasteiger partial charge on any atom is 0.263 e. The smallest absolute Gasteiger partial charge is 0.263 e. The number of aryl methyl sites for hydroxylation is 1. The van der Waals surface area contributed by atoms with Gasteiger partial charge in [-0.25, -0.2) is 13.4 Å². The van der Waals surface area contributed by atoms with Crippen LogP contribution in [0.15, 0.2) is 39.8 Å². The number of rotatable bonds is 3. The maximum atomic E-state index is 12.3. The topological polar surface area (TPSA) is 85.1 Å². The molecule has 5 nitrogen and oxygen atoms in total. The monoisotopic (exact) mass is 375 g/mol. The Labute approximate surface area is 130 Å². The van der Waals surface area contributed by atoms with Crippen LogP contribution in [0, 0.1) is 6.92 Å². The predicted molar refractivity (Wildman–Crippen MR) is 83.3 cm³/mol. The lowest BCUT2D eigenvalue weighted by atomic mass is 10.2. The number of nitrogen functional groups attached to an aromatic ring is 1. The Kier molecular flexibility index (Phi) is 4.22. The Morgan fingerprint density at radius 1 is 1.35 bits per heavy atom. The van der Waals surface area contributed by atoms with E-state index in [1.165, 1.54) is 6.07 Å². The maximum absolute atomic E-state index is 12.3. The average molecular weight is 377 g/mol. The second-order valence-electron chi connectivity index (χ2n) is 4.13. The zero-order valence-corrected chi connectivity index (χ0v) is 13.6. The van der Waals surface area contributed by atoms with Crippen LogP contribution in [0.4, 0.5) is 11.5 Å². The van der Waals surface area contributed by atoms with Crippen LogP contribution < -0.4 is 10.5 Å². The molecule has 20 heavy (non-hydrogen) atoms. The Morgan fingerprint density at radius 3 is 2.70 bits per heavy atom. The highest BCUT2D eigenvalue weighted by Crippen LogP contribution is 2.27. The van der Waals surface area contributed by atoms with E-state index in [4.69, 9.17) is 17.3 Å². The number of sulfonamides is 1. The van der Waals surface area contributed by atoms with E-state index in [1.54, 1.807) is 12.1 Å². The van der Waals surface area contributed by atoms with Crippen LogP contribution in [0.3, 0.4) is 0 Å². The SMILES string of the molecule is Cc1ccc(Br)c(NS(=O)(=O)c2cnc(N)c(Cl)c2)c1. The summed E-state index contributed by atoms with van der Waals surface area (Å²) in [5, 5.41) is 0.0937. The van der Waals surface area contributed by atoms with Gasteiger partial charge in [-0.3, -0.25) is 4.72 Å². The molecule has 2 rings (SSSR count). The summed E-state index contributed by atoms with van der Waals surface area (Å²) >= 11 is 9.08. The van der Waals surface area contributed by atoms with Crippen molar-refractivity contribution in [3.63, 3.8) is 0 Å². The van der Waals surface area contributed by atoms with E-state index in [0.29, 0.717) is 10.2 Å². The molecule has 3 N–H and O–H groups in total. The van der Waals surface area contributed by atoms with Crippen LogP contribution in [0.25, 0.3) is 0 Å². The summed E-state index contributed by atoms with van der Waals surface area (Å²) in [5.74, 6) is 0.0855. The molecule has 0 saturated heterocycles. The first-order valence-corrected chi connectivity index (χ1v) is 8.15. The third kappa shape index (κ3) is 3.23. The Bertz CT molecular complexity index is 765. The lowest BCUT2D eigenvalue weighted by molar-refractivity contribution is 0.601. The number of nitrogens with zero attached hydrogens (tertiary/aromatic N) is 1. The Balaban J connectivity index is 2.40. The first-order valence-electron chi connectivity index (χ1n) is 5.49. The molecule has 0 amide bonds. The van der Waals surface area contributed by atoms with E-state index in [-0.39, 0.29) is 15.7 Å². The Hall–Kier alpha value is -1.31. The standard InChI is InChI=1S/C12H11BrClN3O2S/c1-7-2-3-9(13)11(4-7)17-20(18,19)8-5-10(14)12(15)16-6-8/h2-6,17H,1H3,(H2,15,16). The molecule has 2 aromatic rings. The number of nitrogens with one attached hydrogen (secondary N) is 1. The fraction of sp³-hybridized carbons (Fsp3) is 0.0833. The van der Waals surface area contributed by atoms with Crippen molar-refractivity contribution in [2.45, 2.75) is 11.8 Å². The average Bonchev–Trinajstić information content (AvgIpc) is 2.36. The highest BCUT2D eigenvalue weighted by molar-refractivity contribution is 9.10. The van der Waals surface area contributed by atoms with Gasteiger partial charge < -0.3 is 5.73 Å². The van der Waals surface area contributed by atoms with E-state index in [2.05, 4.69) is 25.6 Å². The highest BCUT2D eigenvalue weighted by atomic mass is 79.9.